The zero-order valence-corrected chi connectivity index (χ0v) is 12.2. The van der Waals surface area contributed by atoms with E-state index in [0.29, 0.717) is 11.2 Å². The molecule has 1 atom stereocenters. The van der Waals surface area contributed by atoms with Crippen molar-refractivity contribution in [1.29, 1.82) is 0 Å². The van der Waals surface area contributed by atoms with Gasteiger partial charge in [0.05, 0.1) is 12.1 Å². The molecule has 0 bridgehead atoms. The van der Waals surface area contributed by atoms with Gasteiger partial charge in [-0.3, -0.25) is 0 Å². The molecule has 0 saturated carbocycles. The fourth-order valence-electron chi connectivity index (χ4n) is 2.17. The predicted octanol–water partition coefficient (Wildman–Crippen LogP) is 2.10. The number of pyridine rings is 1. The summed E-state index contributed by atoms with van der Waals surface area (Å²) in [6.45, 7) is 3.91. The minimum Gasteiger partial charge on any atom is -0.394 e. The van der Waals surface area contributed by atoms with Gasteiger partial charge in [-0.15, -0.1) is 0 Å². The van der Waals surface area contributed by atoms with Crippen molar-refractivity contribution in [3.05, 3.63) is 18.2 Å². The highest BCUT2D eigenvalue weighted by molar-refractivity contribution is 5.89. The Bertz CT molecular complexity index is 636. The van der Waals surface area contributed by atoms with E-state index in [0.717, 1.165) is 19.3 Å². The molecule has 2 aromatic rings. The Hall–Kier alpha value is -2.02. The number of unbranched alkanes of at least 4 members (excludes halogenated alkanes) is 1. The second-order valence-corrected chi connectivity index (χ2v) is 5.38. The maximum absolute atomic E-state index is 13.7. The van der Waals surface area contributed by atoms with Crippen LogP contribution in [0.1, 0.15) is 33.1 Å². The van der Waals surface area contributed by atoms with Gasteiger partial charge < -0.3 is 16.2 Å². The van der Waals surface area contributed by atoms with Crippen molar-refractivity contribution in [3.8, 4) is 0 Å². The molecule has 0 radical (unpaired) electrons. The number of halogens is 1. The highest BCUT2D eigenvalue weighted by Gasteiger charge is 2.24. The van der Waals surface area contributed by atoms with Crippen molar-refractivity contribution in [2.24, 2.45) is 0 Å². The maximum atomic E-state index is 13.7. The Balaban J connectivity index is 2.43. The Morgan fingerprint density at radius 1 is 1.43 bits per heavy atom. The largest absolute Gasteiger partial charge is 0.394 e. The van der Waals surface area contributed by atoms with Crippen molar-refractivity contribution in [2.45, 2.75) is 38.6 Å². The second-order valence-electron chi connectivity index (χ2n) is 5.38. The van der Waals surface area contributed by atoms with Gasteiger partial charge in [0.25, 0.3) is 0 Å². The quantitative estimate of drug-likeness (QED) is 0.706. The summed E-state index contributed by atoms with van der Waals surface area (Å²) >= 11 is 0. The highest BCUT2D eigenvalue weighted by atomic mass is 19.1. The van der Waals surface area contributed by atoms with E-state index >= 15 is 0 Å². The minimum absolute atomic E-state index is 0.0346. The molecule has 0 fully saturated rings. The number of aliphatic hydroxyl groups excluding tert-OH is 1. The van der Waals surface area contributed by atoms with Gasteiger partial charge in [0.2, 0.25) is 11.9 Å². The van der Waals surface area contributed by atoms with Crippen molar-refractivity contribution in [1.82, 2.24) is 15.0 Å². The van der Waals surface area contributed by atoms with Gasteiger partial charge in [0.15, 0.2) is 0 Å². The molecule has 6 nitrogen and oxygen atoms in total. The number of nitrogens with zero attached hydrogens (tertiary/aromatic N) is 3. The second kappa shape index (κ2) is 6.17. The van der Waals surface area contributed by atoms with Gasteiger partial charge in [-0.1, -0.05) is 19.8 Å². The number of rotatable bonds is 6. The van der Waals surface area contributed by atoms with E-state index in [2.05, 4.69) is 27.2 Å². The third kappa shape index (κ3) is 3.36. The van der Waals surface area contributed by atoms with Crippen LogP contribution in [0.2, 0.25) is 0 Å². The van der Waals surface area contributed by atoms with Gasteiger partial charge in [-0.2, -0.15) is 9.37 Å². The van der Waals surface area contributed by atoms with Crippen LogP contribution in [0.5, 0.6) is 0 Å². The van der Waals surface area contributed by atoms with Crippen molar-refractivity contribution in [2.75, 3.05) is 17.7 Å². The summed E-state index contributed by atoms with van der Waals surface area (Å²) in [4.78, 5) is 11.6. The van der Waals surface area contributed by atoms with E-state index in [-0.39, 0.29) is 18.1 Å². The molecule has 1 unspecified atom stereocenters. The van der Waals surface area contributed by atoms with E-state index in [1.165, 1.54) is 6.20 Å². The number of anilines is 2. The number of hydrogen-bond donors (Lipinski definition) is 3. The lowest BCUT2D eigenvalue weighted by atomic mass is 9.95. The third-order valence-corrected chi connectivity index (χ3v) is 3.44. The van der Waals surface area contributed by atoms with E-state index in [1.807, 2.05) is 6.92 Å². The zero-order valence-electron chi connectivity index (χ0n) is 12.2. The fraction of sp³-hybridized carbons (Fsp3) is 0.500. The average molecular weight is 293 g/mol. The molecule has 7 heteroatoms. The number of nitrogens with one attached hydrogen (secondary N) is 1. The number of aromatic nitrogens is 3. The van der Waals surface area contributed by atoms with E-state index < -0.39 is 11.5 Å². The van der Waals surface area contributed by atoms with Gasteiger partial charge in [-0.25, -0.2) is 9.97 Å². The molecule has 0 spiro atoms. The molecule has 0 aliphatic carbocycles. The number of fused-ring (bicyclic) bond motifs is 1. The molecule has 21 heavy (non-hydrogen) atoms. The van der Waals surface area contributed by atoms with Gasteiger partial charge in [0.1, 0.15) is 11.3 Å². The topological polar surface area (TPSA) is 97.0 Å². The first-order valence-corrected chi connectivity index (χ1v) is 6.96. The van der Waals surface area contributed by atoms with Crippen LogP contribution < -0.4 is 11.1 Å². The van der Waals surface area contributed by atoms with Crippen LogP contribution in [-0.4, -0.2) is 32.2 Å². The molecule has 0 aliphatic heterocycles. The molecule has 4 N–H and O–H groups in total. The van der Waals surface area contributed by atoms with Crippen LogP contribution in [0.3, 0.4) is 0 Å². The Labute approximate surface area is 122 Å². The van der Waals surface area contributed by atoms with Crippen molar-refractivity contribution in [3.63, 3.8) is 0 Å². The average Bonchev–Trinajstić information content (AvgIpc) is 2.46. The van der Waals surface area contributed by atoms with E-state index in [1.54, 1.807) is 6.07 Å². The summed E-state index contributed by atoms with van der Waals surface area (Å²) in [7, 11) is 0. The van der Waals surface area contributed by atoms with E-state index in [4.69, 9.17) is 5.73 Å². The summed E-state index contributed by atoms with van der Waals surface area (Å²) in [5.74, 6) is -0.317. The lowest BCUT2D eigenvalue weighted by Crippen LogP contribution is -2.39. The highest BCUT2D eigenvalue weighted by Crippen LogP contribution is 2.26. The monoisotopic (exact) mass is 293 g/mol. The lowest BCUT2D eigenvalue weighted by Gasteiger charge is -2.29. The first kappa shape index (κ1) is 15.4. The van der Waals surface area contributed by atoms with Crippen LogP contribution in [0.25, 0.3) is 10.9 Å². The number of aliphatic hydroxyl groups is 1. The smallest absolute Gasteiger partial charge is 0.239 e. The zero-order chi connectivity index (χ0) is 15.5. The van der Waals surface area contributed by atoms with E-state index in [9.17, 15) is 9.50 Å². The third-order valence-electron chi connectivity index (χ3n) is 3.44. The van der Waals surface area contributed by atoms with Crippen LogP contribution >= 0.6 is 0 Å². The standard InChI is InChI=1S/C14H20FN5O/c1-3-4-6-14(2,8-21)20-12-9-5-7-17-11(15)10(9)18-13(16)19-12/h5,7,21H,3-4,6,8H2,1-2H3,(H3,16,18,19,20). The molecule has 2 rings (SSSR count). The Morgan fingerprint density at radius 2 is 2.19 bits per heavy atom. The molecule has 2 aromatic heterocycles. The van der Waals surface area contributed by atoms with Crippen LogP contribution in [0, 0.1) is 5.95 Å². The van der Waals surface area contributed by atoms with Crippen molar-refractivity contribution < 1.29 is 9.50 Å². The van der Waals surface area contributed by atoms with Crippen LogP contribution in [0.4, 0.5) is 16.2 Å². The Kier molecular flexibility index (Phi) is 4.52. The maximum Gasteiger partial charge on any atom is 0.239 e. The molecule has 0 aromatic carbocycles. The molecular formula is C14H20FN5O. The summed E-state index contributed by atoms with van der Waals surface area (Å²) in [6, 6.07) is 1.62. The molecule has 2 heterocycles. The first-order chi connectivity index (χ1) is 9.99. The normalized spacial score (nSPS) is 14.1. The van der Waals surface area contributed by atoms with Gasteiger partial charge >= 0.3 is 0 Å². The molecule has 0 saturated heterocycles. The summed E-state index contributed by atoms with van der Waals surface area (Å²) in [5, 5.41) is 13.3. The number of nitrogens with two attached hydrogens (primary N) is 1. The Morgan fingerprint density at radius 3 is 2.86 bits per heavy atom. The summed E-state index contributed by atoms with van der Waals surface area (Å²) in [6.07, 6.45) is 4.09. The minimum atomic E-state index is -0.691. The van der Waals surface area contributed by atoms with Crippen LogP contribution in [0.15, 0.2) is 12.3 Å². The SMILES string of the molecule is CCCCC(C)(CO)Nc1nc(N)nc2c(F)nccc12. The predicted molar refractivity (Wildman–Crippen MR) is 80.3 cm³/mol. The summed E-state index contributed by atoms with van der Waals surface area (Å²) in [5.41, 5.74) is 5.16. The van der Waals surface area contributed by atoms with Crippen molar-refractivity contribution >= 4 is 22.7 Å². The molecule has 114 valence electrons. The lowest BCUT2D eigenvalue weighted by molar-refractivity contribution is 0.212. The molecule has 0 amide bonds. The fourth-order valence-corrected chi connectivity index (χ4v) is 2.17. The molecular weight excluding hydrogens is 273 g/mol. The first-order valence-electron chi connectivity index (χ1n) is 6.96. The van der Waals surface area contributed by atoms with Gasteiger partial charge in [0, 0.05) is 11.6 Å². The number of nitrogen functional groups attached to an aromatic ring is 1. The number of hydrogen-bond acceptors (Lipinski definition) is 6. The van der Waals surface area contributed by atoms with Gasteiger partial charge in [-0.05, 0) is 19.4 Å². The molecule has 0 aliphatic rings. The van der Waals surface area contributed by atoms with Crippen LogP contribution in [-0.2, 0) is 0 Å². The summed E-state index contributed by atoms with van der Waals surface area (Å²) < 4.78 is 13.7.